The molecule has 10 heavy (non-hydrogen) atoms. The Morgan fingerprint density at radius 3 is 3.10 bits per heavy atom. The SMILES string of the molecule is O=C(O)NN=CC1=CCS1. The van der Waals surface area contributed by atoms with E-state index in [4.69, 9.17) is 5.11 Å². The molecule has 0 spiro atoms. The second-order valence-corrected chi connectivity index (χ2v) is 2.69. The standard InChI is InChI=1S/C5H6N2O2S/c8-5(9)7-6-3-4-1-2-10-4/h1,3,7H,2H2,(H,8,9). The third-order valence-electron chi connectivity index (χ3n) is 0.887. The fourth-order valence-corrected chi connectivity index (χ4v) is 0.907. The maximum absolute atomic E-state index is 9.84. The van der Waals surface area contributed by atoms with E-state index in [9.17, 15) is 4.79 Å². The Balaban J connectivity index is 2.23. The van der Waals surface area contributed by atoms with Crippen molar-refractivity contribution in [3.8, 4) is 0 Å². The minimum atomic E-state index is -1.14. The first-order valence-corrected chi connectivity index (χ1v) is 3.62. The van der Waals surface area contributed by atoms with Crippen molar-refractivity contribution in [1.29, 1.82) is 0 Å². The van der Waals surface area contributed by atoms with Gasteiger partial charge in [-0.1, -0.05) is 6.08 Å². The number of hydrogen-bond acceptors (Lipinski definition) is 3. The van der Waals surface area contributed by atoms with Crippen LogP contribution in [0.25, 0.3) is 0 Å². The Kier molecular flexibility index (Phi) is 2.33. The van der Waals surface area contributed by atoms with Crippen molar-refractivity contribution in [3.05, 3.63) is 11.0 Å². The lowest BCUT2D eigenvalue weighted by atomic mass is 10.5. The van der Waals surface area contributed by atoms with E-state index >= 15 is 0 Å². The first-order valence-electron chi connectivity index (χ1n) is 2.64. The van der Waals surface area contributed by atoms with Gasteiger partial charge in [0.05, 0.1) is 6.21 Å². The van der Waals surface area contributed by atoms with Crippen LogP contribution in [-0.4, -0.2) is 23.2 Å². The van der Waals surface area contributed by atoms with Gasteiger partial charge in [-0.2, -0.15) is 5.10 Å². The smallest absolute Gasteiger partial charge is 0.425 e. The van der Waals surface area contributed by atoms with Crippen molar-refractivity contribution in [2.45, 2.75) is 0 Å². The molecule has 0 aromatic carbocycles. The van der Waals surface area contributed by atoms with Gasteiger partial charge in [-0.15, -0.1) is 11.8 Å². The number of nitrogens with zero attached hydrogens (tertiary/aromatic N) is 1. The van der Waals surface area contributed by atoms with Crippen molar-refractivity contribution in [1.82, 2.24) is 5.43 Å². The summed E-state index contributed by atoms with van der Waals surface area (Å²) in [7, 11) is 0. The lowest BCUT2D eigenvalue weighted by Crippen LogP contribution is -2.13. The van der Waals surface area contributed by atoms with E-state index in [1.54, 1.807) is 11.8 Å². The lowest BCUT2D eigenvalue weighted by Gasteiger charge is -2.06. The molecule has 0 bridgehead atoms. The number of amides is 1. The van der Waals surface area contributed by atoms with Gasteiger partial charge in [0.1, 0.15) is 0 Å². The lowest BCUT2D eigenvalue weighted by molar-refractivity contribution is 0.195. The van der Waals surface area contributed by atoms with Gasteiger partial charge in [-0.05, 0) is 0 Å². The van der Waals surface area contributed by atoms with Gasteiger partial charge in [0, 0.05) is 10.7 Å². The summed E-state index contributed by atoms with van der Waals surface area (Å²) in [5.74, 6) is 0.994. The second-order valence-electron chi connectivity index (χ2n) is 1.59. The number of carboxylic acid groups (broad SMARTS) is 1. The summed E-state index contributed by atoms with van der Waals surface area (Å²) in [6.07, 6.45) is 2.32. The van der Waals surface area contributed by atoms with Gasteiger partial charge in [0.25, 0.3) is 0 Å². The van der Waals surface area contributed by atoms with Crippen molar-refractivity contribution < 1.29 is 9.90 Å². The Morgan fingerprint density at radius 2 is 2.70 bits per heavy atom. The molecule has 4 nitrogen and oxygen atoms in total. The maximum atomic E-state index is 9.84. The number of rotatable bonds is 2. The van der Waals surface area contributed by atoms with Crippen LogP contribution in [0.3, 0.4) is 0 Å². The summed E-state index contributed by atoms with van der Waals surface area (Å²) >= 11 is 1.64. The van der Waals surface area contributed by atoms with E-state index in [2.05, 4.69) is 5.10 Å². The van der Waals surface area contributed by atoms with Crippen LogP contribution < -0.4 is 5.43 Å². The van der Waals surface area contributed by atoms with Crippen molar-refractivity contribution in [2.75, 3.05) is 5.75 Å². The number of nitrogens with one attached hydrogen (secondary N) is 1. The molecular weight excluding hydrogens is 152 g/mol. The fraction of sp³-hybridized carbons (Fsp3) is 0.200. The first-order chi connectivity index (χ1) is 4.79. The van der Waals surface area contributed by atoms with E-state index in [0.717, 1.165) is 10.7 Å². The molecule has 0 saturated heterocycles. The molecule has 1 heterocycles. The summed E-state index contributed by atoms with van der Waals surface area (Å²) in [6, 6.07) is 0. The number of hydrazone groups is 1. The molecule has 0 atom stereocenters. The van der Waals surface area contributed by atoms with E-state index < -0.39 is 6.09 Å². The highest BCUT2D eigenvalue weighted by molar-refractivity contribution is 8.05. The molecule has 1 aliphatic rings. The molecule has 0 aromatic rings. The molecule has 1 aliphatic heterocycles. The third-order valence-corrected chi connectivity index (χ3v) is 1.83. The molecule has 54 valence electrons. The predicted molar refractivity (Wildman–Crippen MR) is 40.2 cm³/mol. The average molecular weight is 158 g/mol. The minimum Gasteiger partial charge on any atom is -0.464 e. The molecule has 0 unspecified atom stereocenters. The van der Waals surface area contributed by atoms with Crippen molar-refractivity contribution in [3.63, 3.8) is 0 Å². The van der Waals surface area contributed by atoms with Gasteiger partial charge in [-0.3, -0.25) is 0 Å². The molecule has 5 heteroatoms. The Hall–Kier alpha value is -0.970. The normalized spacial score (nSPS) is 16.2. The highest BCUT2D eigenvalue weighted by atomic mass is 32.2. The predicted octanol–water partition coefficient (Wildman–Crippen LogP) is 0.870. The molecule has 0 fully saturated rings. The molecular formula is C5H6N2O2S. The Labute approximate surface area is 62.0 Å². The van der Waals surface area contributed by atoms with Crippen LogP contribution in [0.5, 0.6) is 0 Å². The van der Waals surface area contributed by atoms with Gasteiger partial charge in [0.15, 0.2) is 0 Å². The summed E-state index contributed by atoms with van der Waals surface area (Å²) in [6.45, 7) is 0. The van der Waals surface area contributed by atoms with E-state index in [1.165, 1.54) is 6.21 Å². The zero-order chi connectivity index (χ0) is 7.40. The van der Waals surface area contributed by atoms with Gasteiger partial charge < -0.3 is 5.11 Å². The van der Waals surface area contributed by atoms with Crippen LogP contribution in [0, 0.1) is 0 Å². The summed E-state index contributed by atoms with van der Waals surface area (Å²) in [5.41, 5.74) is 1.88. The largest absolute Gasteiger partial charge is 0.464 e. The Bertz CT molecular complexity index is 200. The van der Waals surface area contributed by atoms with Crippen molar-refractivity contribution >= 4 is 24.1 Å². The topological polar surface area (TPSA) is 61.7 Å². The highest BCUT2D eigenvalue weighted by Gasteiger charge is 2.01. The third kappa shape index (κ3) is 2.10. The first kappa shape index (κ1) is 7.14. The molecule has 2 N–H and O–H groups in total. The highest BCUT2D eigenvalue weighted by Crippen LogP contribution is 2.22. The Morgan fingerprint density at radius 1 is 2.00 bits per heavy atom. The van der Waals surface area contributed by atoms with Crippen LogP contribution in [0.4, 0.5) is 4.79 Å². The fourth-order valence-electron chi connectivity index (χ4n) is 0.421. The molecule has 1 rings (SSSR count). The van der Waals surface area contributed by atoms with Crippen molar-refractivity contribution in [2.24, 2.45) is 5.10 Å². The second kappa shape index (κ2) is 3.26. The zero-order valence-electron chi connectivity index (χ0n) is 5.07. The minimum absolute atomic E-state index is 0.994. The number of thioether (sulfide) groups is 1. The van der Waals surface area contributed by atoms with E-state index in [0.29, 0.717) is 0 Å². The van der Waals surface area contributed by atoms with Gasteiger partial charge in [0.2, 0.25) is 0 Å². The van der Waals surface area contributed by atoms with Crippen LogP contribution >= 0.6 is 11.8 Å². The monoisotopic (exact) mass is 158 g/mol. The molecule has 0 aromatic heterocycles. The van der Waals surface area contributed by atoms with Crippen LogP contribution in [0.15, 0.2) is 16.1 Å². The molecule has 0 radical (unpaired) electrons. The summed E-state index contributed by atoms with van der Waals surface area (Å²) in [5, 5.41) is 11.5. The van der Waals surface area contributed by atoms with Crippen LogP contribution in [-0.2, 0) is 0 Å². The number of carbonyl (C=O) groups is 1. The maximum Gasteiger partial charge on any atom is 0.425 e. The summed E-state index contributed by atoms with van der Waals surface area (Å²) < 4.78 is 0. The molecule has 0 aliphatic carbocycles. The van der Waals surface area contributed by atoms with Crippen LogP contribution in [0.2, 0.25) is 0 Å². The van der Waals surface area contributed by atoms with Crippen LogP contribution in [0.1, 0.15) is 0 Å². The van der Waals surface area contributed by atoms with Gasteiger partial charge in [-0.25, -0.2) is 10.2 Å². The number of allylic oxidation sites excluding steroid dienone is 1. The zero-order valence-corrected chi connectivity index (χ0v) is 5.89. The van der Waals surface area contributed by atoms with E-state index in [1.807, 2.05) is 11.5 Å². The number of hydrogen-bond donors (Lipinski definition) is 2. The van der Waals surface area contributed by atoms with E-state index in [-0.39, 0.29) is 0 Å². The average Bonchev–Trinajstić information content (AvgIpc) is 1.75. The summed E-state index contributed by atoms with van der Waals surface area (Å²) in [4.78, 5) is 10.8. The molecule has 1 amide bonds. The van der Waals surface area contributed by atoms with Gasteiger partial charge >= 0.3 is 6.09 Å². The quantitative estimate of drug-likeness (QED) is 0.463. The molecule has 0 saturated carbocycles.